The predicted molar refractivity (Wildman–Crippen MR) is 92.1 cm³/mol. The van der Waals surface area contributed by atoms with Crippen LogP contribution in [0.1, 0.15) is 35.6 Å². The van der Waals surface area contributed by atoms with Gasteiger partial charge >= 0.3 is 0 Å². The van der Waals surface area contributed by atoms with Gasteiger partial charge in [-0.05, 0) is 49.5 Å². The van der Waals surface area contributed by atoms with E-state index in [1.54, 1.807) is 0 Å². The molecule has 1 aliphatic heterocycles. The number of aromatic nitrogens is 1. The van der Waals surface area contributed by atoms with Crippen molar-refractivity contribution in [3.05, 3.63) is 71.4 Å². The molecule has 22 heavy (non-hydrogen) atoms. The highest BCUT2D eigenvalue weighted by atomic mass is 15.2. The normalized spacial score (nSPS) is 17.1. The van der Waals surface area contributed by atoms with Gasteiger partial charge in [-0.1, -0.05) is 48.5 Å². The van der Waals surface area contributed by atoms with Crippen LogP contribution in [0.3, 0.4) is 0 Å². The van der Waals surface area contributed by atoms with Crippen LogP contribution < -0.4 is 0 Å². The van der Waals surface area contributed by atoms with E-state index in [4.69, 9.17) is 0 Å². The molecule has 1 atom stereocenters. The van der Waals surface area contributed by atoms with Crippen LogP contribution in [-0.4, -0.2) is 23.0 Å². The molecular weight excluding hydrogens is 268 g/mol. The molecule has 1 fully saturated rings. The second-order valence-corrected chi connectivity index (χ2v) is 6.30. The number of nitrogens with zero attached hydrogens (tertiary/aromatic N) is 1. The van der Waals surface area contributed by atoms with Gasteiger partial charge in [0.2, 0.25) is 0 Å². The lowest BCUT2D eigenvalue weighted by atomic mass is 9.96. The highest BCUT2D eigenvalue weighted by molar-refractivity contribution is 5.86. The Morgan fingerprint density at radius 1 is 0.955 bits per heavy atom. The quantitative estimate of drug-likeness (QED) is 0.743. The van der Waals surface area contributed by atoms with Crippen LogP contribution in [0.5, 0.6) is 0 Å². The van der Waals surface area contributed by atoms with E-state index in [9.17, 15) is 0 Å². The molecule has 2 heteroatoms. The molecular formula is C20H22N2. The minimum absolute atomic E-state index is 0.360. The number of benzene rings is 2. The summed E-state index contributed by atoms with van der Waals surface area (Å²) in [6.07, 6.45) is 4.84. The number of rotatable bonds is 3. The maximum atomic E-state index is 3.50. The number of hydrogen-bond acceptors (Lipinski definition) is 1. The minimum atomic E-state index is 0.360. The predicted octanol–water partition coefficient (Wildman–Crippen LogP) is 4.66. The zero-order valence-electron chi connectivity index (χ0n) is 13.0. The molecule has 2 heterocycles. The molecule has 1 saturated heterocycles. The van der Waals surface area contributed by atoms with Crippen molar-refractivity contribution >= 4 is 10.9 Å². The van der Waals surface area contributed by atoms with E-state index < -0.39 is 0 Å². The summed E-state index contributed by atoms with van der Waals surface area (Å²) in [5.41, 5.74) is 5.40. The Balaban J connectivity index is 1.87. The number of aryl methyl sites for hydroxylation is 1. The first kappa shape index (κ1) is 13.6. The SMILES string of the molecule is Cc1cccc2c(C(c3ccccc3)N3CCCC3)c[nH]c12. The molecule has 1 N–H and O–H groups in total. The van der Waals surface area contributed by atoms with Crippen LogP contribution in [0.2, 0.25) is 0 Å². The van der Waals surface area contributed by atoms with Gasteiger partial charge in [-0.3, -0.25) is 4.90 Å². The molecule has 1 unspecified atom stereocenters. The van der Waals surface area contributed by atoms with Crippen molar-refractivity contribution in [2.75, 3.05) is 13.1 Å². The number of likely N-dealkylation sites (tertiary alicyclic amines) is 1. The third-order valence-corrected chi connectivity index (χ3v) is 4.87. The first-order valence-electron chi connectivity index (χ1n) is 8.20. The van der Waals surface area contributed by atoms with E-state index in [2.05, 4.69) is 71.5 Å². The first-order valence-corrected chi connectivity index (χ1v) is 8.20. The van der Waals surface area contributed by atoms with E-state index in [0.29, 0.717) is 6.04 Å². The van der Waals surface area contributed by atoms with Crippen molar-refractivity contribution in [2.45, 2.75) is 25.8 Å². The van der Waals surface area contributed by atoms with E-state index in [1.807, 2.05) is 0 Å². The van der Waals surface area contributed by atoms with Crippen molar-refractivity contribution in [2.24, 2.45) is 0 Å². The lowest BCUT2D eigenvalue weighted by Crippen LogP contribution is -2.26. The first-order chi connectivity index (χ1) is 10.8. The molecule has 0 aliphatic carbocycles. The molecule has 0 spiro atoms. The number of aromatic amines is 1. The second kappa shape index (κ2) is 5.62. The zero-order valence-corrected chi connectivity index (χ0v) is 13.0. The van der Waals surface area contributed by atoms with Crippen molar-refractivity contribution in [1.82, 2.24) is 9.88 Å². The fourth-order valence-electron chi connectivity index (χ4n) is 3.78. The summed E-state index contributed by atoms with van der Waals surface area (Å²) in [4.78, 5) is 6.13. The van der Waals surface area contributed by atoms with Crippen LogP contribution in [0.25, 0.3) is 10.9 Å². The van der Waals surface area contributed by atoms with Gasteiger partial charge in [0.05, 0.1) is 6.04 Å². The summed E-state index contributed by atoms with van der Waals surface area (Å²) in [6, 6.07) is 17.9. The molecule has 112 valence electrons. The van der Waals surface area contributed by atoms with E-state index in [0.717, 1.165) is 0 Å². The van der Waals surface area contributed by atoms with Crippen molar-refractivity contribution in [3.8, 4) is 0 Å². The number of para-hydroxylation sites is 1. The van der Waals surface area contributed by atoms with Crippen molar-refractivity contribution in [1.29, 1.82) is 0 Å². The van der Waals surface area contributed by atoms with E-state index in [-0.39, 0.29) is 0 Å². The van der Waals surface area contributed by atoms with Crippen LogP contribution in [-0.2, 0) is 0 Å². The number of fused-ring (bicyclic) bond motifs is 1. The van der Waals surface area contributed by atoms with Crippen LogP contribution >= 0.6 is 0 Å². The standard InChI is InChI=1S/C20H22N2/c1-15-8-7-11-17-18(14-21-19(15)17)20(22-12-5-6-13-22)16-9-3-2-4-10-16/h2-4,7-11,14,20-21H,5-6,12-13H2,1H3. The van der Waals surface area contributed by atoms with Crippen LogP contribution in [0, 0.1) is 6.92 Å². The van der Waals surface area contributed by atoms with Crippen LogP contribution in [0.15, 0.2) is 54.7 Å². The molecule has 2 aromatic carbocycles. The second-order valence-electron chi connectivity index (χ2n) is 6.30. The van der Waals surface area contributed by atoms with Gasteiger partial charge < -0.3 is 4.98 Å². The Kier molecular flexibility index (Phi) is 3.47. The molecule has 0 radical (unpaired) electrons. The number of hydrogen-bond donors (Lipinski definition) is 1. The third kappa shape index (κ3) is 2.24. The smallest absolute Gasteiger partial charge is 0.0622 e. The Morgan fingerprint density at radius 2 is 1.73 bits per heavy atom. The molecule has 4 rings (SSSR count). The molecule has 0 amide bonds. The fourth-order valence-corrected chi connectivity index (χ4v) is 3.78. The Labute approximate surface area is 131 Å². The van der Waals surface area contributed by atoms with Gasteiger partial charge in [0.15, 0.2) is 0 Å². The summed E-state index contributed by atoms with van der Waals surface area (Å²) in [7, 11) is 0. The molecule has 2 nitrogen and oxygen atoms in total. The third-order valence-electron chi connectivity index (χ3n) is 4.87. The van der Waals surface area contributed by atoms with E-state index in [1.165, 1.54) is 53.5 Å². The molecule has 0 bridgehead atoms. The Morgan fingerprint density at radius 3 is 2.50 bits per heavy atom. The fraction of sp³-hybridized carbons (Fsp3) is 0.300. The summed E-state index contributed by atoms with van der Waals surface area (Å²) < 4.78 is 0. The lowest BCUT2D eigenvalue weighted by molar-refractivity contribution is 0.282. The van der Waals surface area contributed by atoms with Gasteiger partial charge in [0.25, 0.3) is 0 Å². The Bertz CT molecular complexity index is 767. The molecule has 1 aromatic heterocycles. The van der Waals surface area contributed by atoms with Gasteiger partial charge in [0, 0.05) is 17.1 Å². The summed E-state index contributed by atoms with van der Waals surface area (Å²) in [6.45, 7) is 4.56. The Hall–Kier alpha value is -2.06. The zero-order chi connectivity index (χ0) is 14.9. The van der Waals surface area contributed by atoms with E-state index >= 15 is 0 Å². The molecule has 1 aliphatic rings. The largest absolute Gasteiger partial charge is 0.361 e. The highest BCUT2D eigenvalue weighted by Crippen LogP contribution is 2.36. The number of nitrogens with one attached hydrogen (secondary N) is 1. The lowest BCUT2D eigenvalue weighted by Gasteiger charge is -2.28. The number of H-pyrrole nitrogens is 1. The van der Waals surface area contributed by atoms with Crippen molar-refractivity contribution < 1.29 is 0 Å². The van der Waals surface area contributed by atoms with Gasteiger partial charge in [0.1, 0.15) is 0 Å². The maximum Gasteiger partial charge on any atom is 0.0622 e. The minimum Gasteiger partial charge on any atom is -0.361 e. The monoisotopic (exact) mass is 290 g/mol. The summed E-state index contributed by atoms with van der Waals surface area (Å²) in [5.74, 6) is 0. The van der Waals surface area contributed by atoms with Gasteiger partial charge in [-0.15, -0.1) is 0 Å². The average molecular weight is 290 g/mol. The maximum absolute atomic E-state index is 3.50. The van der Waals surface area contributed by atoms with Crippen LogP contribution in [0.4, 0.5) is 0 Å². The molecule has 0 saturated carbocycles. The highest BCUT2D eigenvalue weighted by Gasteiger charge is 2.27. The average Bonchev–Trinajstić information content (AvgIpc) is 3.20. The molecule has 3 aromatic rings. The summed E-state index contributed by atoms with van der Waals surface area (Å²) in [5, 5.41) is 1.36. The topological polar surface area (TPSA) is 19.0 Å². The van der Waals surface area contributed by atoms with Gasteiger partial charge in [-0.25, -0.2) is 0 Å². The summed E-state index contributed by atoms with van der Waals surface area (Å²) >= 11 is 0. The van der Waals surface area contributed by atoms with Gasteiger partial charge in [-0.2, -0.15) is 0 Å². The van der Waals surface area contributed by atoms with Crippen molar-refractivity contribution in [3.63, 3.8) is 0 Å².